The number of benzene rings is 3. The molecule has 0 unspecified atom stereocenters. The molecule has 3 aromatic rings. The molecule has 0 saturated carbocycles. The van der Waals surface area contributed by atoms with E-state index in [-0.39, 0.29) is 12.6 Å². The van der Waals surface area contributed by atoms with Crippen LogP contribution in [0.1, 0.15) is 50.3 Å². The molecule has 4 rings (SSSR count). The van der Waals surface area contributed by atoms with Crippen LogP contribution >= 0.6 is 0 Å². The second-order valence-electron chi connectivity index (χ2n) is 12.0. The van der Waals surface area contributed by atoms with E-state index in [0.29, 0.717) is 26.4 Å². The van der Waals surface area contributed by atoms with Gasteiger partial charge < -0.3 is 28.4 Å². The number of rotatable bonds is 16. The summed E-state index contributed by atoms with van der Waals surface area (Å²) in [6.07, 6.45) is -0.246. The molecule has 0 aromatic heterocycles. The molecule has 1 fully saturated rings. The van der Waals surface area contributed by atoms with Crippen molar-refractivity contribution in [2.24, 2.45) is 5.41 Å². The van der Waals surface area contributed by atoms with E-state index in [2.05, 4.69) is 6.58 Å². The van der Waals surface area contributed by atoms with Crippen molar-refractivity contribution >= 4 is 5.97 Å². The highest BCUT2D eigenvalue weighted by molar-refractivity contribution is 5.75. The maximum atomic E-state index is 13.3. The van der Waals surface area contributed by atoms with E-state index in [0.717, 1.165) is 29.5 Å². The lowest BCUT2D eigenvalue weighted by molar-refractivity contribution is -0.322. The third-order valence-corrected chi connectivity index (χ3v) is 7.25. The molecule has 7 nitrogen and oxygen atoms in total. The summed E-state index contributed by atoms with van der Waals surface area (Å²) in [6, 6.07) is 29.8. The highest BCUT2D eigenvalue weighted by Crippen LogP contribution is 2.32. The smallest absolute Gasteiger partial charge is 0.311 e. The van der Waals surface area contributed by atoms with Gasteiger partial charge in [0.05, 0.1) is 38.4 Å². The molecule has 3 aromatic carbocycles. The molecule has 1 aliphatic rings. The summed E-state index contributed by atoms with van der Waals surface area (Å²) in [6.45, 7) is 10.9. The maximum Gasteiger partial charge on any atom is 0.311 e. The minimum atomic E-state index is -0.881. The molecule has 1 aliphatic heterocycles. The number of esters is 1. The molecule has 1 saturated heterocycles. The predicted molar refractivity (Wildman–Crippen MR) is 170 cm³/mol. The van der Waals surface area contributed by atoms with Crippen LogP contribution in [0.15, 0.2) is 104 Å². The van der Waals surface area contributed by atoms with Gasteiger partial charge in [0.2, 0.25) is 0 Å². The van der Waals surface area contributed by atoms with Crippen molar-refractivity contribution < 1.29 is 33.2 Å². The van der Waals surface area contributed by atoms with Gasteiger partial charge >= 0.3 is 5.97 Å². The highest BCUT2D eigenvalue weighted by atomic mass is 16.7. The zero-order valence-electron chi connectivity index (χ0n) is 26.1. The van der Waals surface area contributed by atoms with Crippen LogP contribution in [0, 0.1) is 5.41 Å². The molecule has 0 N–H and O–H groups in total. The molecule has 0 amide bonds. The SMILES string of the molecule is C=CCCCO[C@@H]1O[C@H](COCc2ccccc2)[C@@H](OCc2ccccc2)[C@H](OCc2ccccc2)[C@H]1OC(=O)C(C)(C)C. The van der Waals surface area contributed by atoms with Gasteiger partial charge in [-0.15, -0.1) is 6.58 Å². The van der Waals surface area contributed by atoms with Crippen molar-refractivity contribution in [2.45, 2.75) is 84.1 Å². The standard InChI is InChI=1S/C37H46O7/c1-5-6-16-23-40-35-34(44-36(38)37(2,3)4)33(42-26-30-21-14-9-15-22-30)32(41-25-29-19-12-8-13-20-29)31(43-35)27-39-24-28-17-10-7-11-18-28/h5,7-15,17-22,31-35H,1,6,16,23-27H2,2-4H3/t31-,32-,33+,34-,35-/m1/s1. The Labute approximate surface area is 262 Å². The Hall–Kier alpha value is -3.33. The van der Waals surface area contributed by atoms with E-state index in [4.69, 9.17) is 28.4 Å². The number of unbranched alkanes of at least 4 members (excludes halogenated alkanes) is 1. The summed E-state index contributed by atoms with van der Waals surface area (Å²) in [7, 11) is 0. The summed E-state index contributed by atoms with van der Waals surface area (Å²) in [5, 5.41) is 0. The number of carbonyl (C=O) groups excluding carboxylic acids is 1. The van der Waals surface area contributed by atoms with Gasteiger partial charge in [-0.2, -0.15) is 0 Å². The van der Waals surface area contributed by atoms with Crippen LogP contribution in [-0.2, 0) is 53.0 Å². The molecule has 44 heavy (non-hydrogen) atoms. The number of allylic oxidation sites excluding steroid dienone is 1. The Balaban J connectivity index is 1.64. The molecular formula is C37H46O7. The van der Waals surface area contributed by atoms with Crippen LogP contribution in [0.5, 0.6) is 0 Å². The number of hydrogen-bond donors (Lipinski definition) is 0. The van der Waals surface area contributed by atoms with Gasteiger partial charge in [-0.1, -0.05) is 97.1 Å². The molecule has 0 bridgehead atoms. The van der Waals surface area contributed by atoms with Crippen LogP contribution in [0.2, 0.25) is 0 Å². The van der Waals surface area contributed by atoms with Crippen LogP contribution in [0.3, 0.4) is 0 Å². The zero-order chi connectivity index (χ0) is 31.2. The first-order valence-corrected chi connectivity index (χ1v) is 15.4. The molecule has 7 heteroatoms. The van der Waals surface area contributed by atoms with Gasteiger partial charge in [-0.25, -0.2) is 0 Å². The third-order valence-electron chi connectivity index (χ3n) is 7.25. The van der Waals surface area contributed by atoms with Gasteiger partial charge in [0.1, 0.15) is 18.3 Å². The van der Waals surface area contributed by atoms with Crippen molar-refractivity contribution in [1.29, 1.82) is 0 Å². The van der Waals surface area contributed by atoms with Crippen molar-refractivity contribution in [3.63, 3.8) is 0 Å². The van der Waals surface area contributed by atoms with Gasteiger partial charge in [0.15, 0.2) is 12.4 Å². The predicted octanol–water partition coefficient (Wildman–Crippen LogP) is 7.04. The molecule has 1 heterocycles. The molecule has 0 aliphatic carbocycles. The van der Waals surface area contributed by atoms with Crippen LogP contribution in [0.25, 0.3) is 0 Å². The first-order chi connectivity index (χ1) is 21.3. The summed E-state index contributed by atoms with van der Waals surface area (Å²) in [5.41, 5.74) is 2.30. The van der Waals surface area contributed by atoms with Gasteiger partial charge in [0, 0.05) is 0 Å². The molecule has 0 spiro atoms. The third kappa shape index (κ3) is 10.4. The summed E-state index contributed by atoms with van der Waals surface area (Å²) >= 11 is 0. The van der Waals surface area contributed by atoms with Crippen molar-refractivity contribution in [3.8, 4) is 0 Å². The quantitative estimate of drug-likeness (QED) is 0.0989. The van der Waals surface area contributed by atoms with Gasteiger partial charge in [-0.05, 0) is 50.3 Å². The Kier molecular flexibility index (Phi) is 13.1. The van der Waals surface area contributed by atoms with Crippen molar-refractivity contribution in [2.75, 3.05) is 13.2 Å². The second kappa shape index (κ2) is 17.2. The van der Waals surface area contributed by atoms with Gasteiger partial charge in [-0.3, -0.25) is 4.79 Å². The largest absolute Gasteiger partial charge is 0.454 e. The minimum Gasteiger partial charge on any atom is -0.454 e. The van der Waals surface area contributed by atoms with E-state index in [9.17, 15) is 4.79 Å². The summed E-state index contributed by atoms with van der Waals surface area (Å²) in [4.78, 5) is 13.3. The fourth-order valence-corrected chi connectivity index (χ4v) is 4.79. The van der Waals surface area contributed by atoms with Crippen molar-refractivity contribution in [1.82, 2.24) is 0 Å². The lowest BCUT2D eigenvalue weighted by atomic mass is 9.95. The van der Waals surface area contributed by atoms with Gasteiger partial charge in [0.25, 0.3) is 0 Å². The zero-order valence-corrected chi connectivity index (χ0v) is 26.1. The number of ether oxygens (including phenoxy) is 6. The first-order valence-electron chi connectivity index (χ1n) is 15.4. The Morgan fingerprint density at radius 2 is 1.27 bits per heavy atom. The highest BCUT2D eigenvalue weighted by Gasteiger charge is 2.51. The maximum absolute atomic E-state index is 13.3. The Morgan fingerprint density at radius 1 is 0.750 bits per heavy atom. The lowest BCUT2D eigenvalue weighted by Gasteiger charge is -2.46. The van der Waals surface area contributed by atoms with Crippen LogP contribution < -0.4 is 0 Å². The monoisotopic (exact) mass is 602 g/mol. The molecular weight excluding hydrogens is 556 g/mol. The van der Waals surface area contributed by atoms with Crippen LogP contribution in [-0.4, -0.2) is 49.9 Å². The second-order valence-corrected chi connectivity index (χ2v) is 12.0. The average molecular weight is 603 g/mol. The fourth-order valence-electron chi connectivity index (χ4n) is 4.79. The minimum absolute atomic E-state index is 0.228. The average Bonchev–Trinajstić information content (AvgIpc) is 3.03. The van der Waals surface area contributed by atoms with E-state index >= 15 is 0 Å². The summed E-state index contributed by atoms with van der Waals surface area (Å²) < 4.78 is 38.4. The van der Waals surface area contributed by atoms with E-state index in [1.807, 2.05) is 118 Å². The van der Waals surface area contributed by atoms with E-state index in [1.165, 1.54) is 0 Å². The Bertz CT molecular complexity index is 1240. The topological polar surface area (TPSA) is 72.5 Å². The number of carbonyl (C=O) groups is 1. The summed E-state index contributed by atoms with van der Waals surface area (Å²) in [5.74, 6) is -0.375. The van der Waals surface area contributed by atoms with E-state index in [1.54, 1.807) is 0 Å². The van der Waals surface area contributed by atoms with Crippen LogP contribution in [0.4, 0.5) is 0 Å². The number of hydrogen-bond acceptors (Lipinski definition) is 7. The molecule has 0 radical (unpaired) electrons. The molecule has 5 atom stereocenters. The lowest BCUT2D eigenvalue weighted by Crippen LogP contribution is -2.62. The fraction of sp³-hybridized carbons (Fsp3) is 0.432. The first kappa shape index (κ1) is 33.6. The normalized spacial score (nSPS) is 21.9. The van der Waals surface area contributed by atoms with Crippen molar-refractivity contribution in [3.05, 3.63) is 120 Å². The Morgan fingerprint density at radius 3 is 1.80 bits per heavy atom. The molecule has 236 valence electrons. The van der Waals surface area contributed by atoms with E-state index < -0.39 is 36.1 Å².